The summed E-state index contributed by atoms with van der Waals surface area (Å²) in [5.41, 5.74) is 0. The first kappa shape index (κ1) is 15.0. The van der Waals surface area contributed by atoms with Crippen LogP contribution in [0.1, 0.15) is 44.3 Å². The Hall–Kier alpha value is -0.920. The van der Waals surface area contributed by atoms with Gasteiger partial charge in [0.2, 0.25) is 10.0 Å². The third-order valence-electron chi connectivity index (χ3n) is 4.52. The van der Waals surface area contributed by atoms with Gasteiger partial charge in [0.15, 0.2) is 0 Å². The van der Waals surface area contributed by atoms with Gasteiger partial charge in [-0.3, -0.25) is 4.90 Å². The lowest BCUT2D eigenvalue weighted by atomic mass is 10.1. The summed E-state index contributed by atoms with van der Waals surface area (Å²) in [5.74, 6) is 0.900. The Balaban J connectivity index is 1.59. The minimum atomic E-state index is -3.20. The summed E-state index contributed by atoms with van der Waals surface area (Å²) in [7, 11) is -3.20. The SMILES string of the molecule is O=S(=O)(NC1CCCC1)[C@H]1CCCN(Cc2ncc[nH]2)C1. The smallest absolute Gasteiger partial charge is 0.215 e. The molecule has 0 aromatic carbocycles. The number of sulfonamides is 1. The average Bonchev–Trinajstić information content (AvgIpc) is 3.12. The van der Waals surface area contributed by atoms with Crippen LogP contribution in [0.25, 0.3) is 0 Å². The fourth-order valence-corrected chi connectivity index (χ4v) is 5.16. The molecular weight excluding hydrogens is 288 g/mol. The number of aromatic nitrogens is 2. The zero-order chi connectivity index (χ0) is 14.7. The lowest BCUT2D eigenvalue weighted by molar-refractivity contribution is 0.217. The van der Waals surface area contributed by atoms with Crippen molar-refractivity contribution in [3.8, 4) is 0 Å². The van der Waals surface area contributed by atoms with E-state index in [1.54, 1.807) is 12.4 Å². The van der Waals surface area contributed by atoms with Crippen LogP contribution in [0, 0.1) is 0 Å². The molecule has 0 amide bonds. The van der Waals surface area contributed by atoms with E-state index >= 15 is 0 Å². The van der Waals surface area contributed by atoms with Crippen molar-refractivity contribution >= 4 is 10.0 Å². The molecule has 1 saturated heterocycles. The zero-order valence-corrected chi connectivity index (χ0v) is 13.1. The van der Waals surface area contributed by atoms with E-state index in [0.717, 1.165) is 50.9 Å². The van der Waals surface area contributed by atoms with E-state index in [2.05, 4.69) is 19.6 Å². The standard InChI is InChI=1S/C14H24N4O2S/c19-21(20,17-12-4-1-2-5-12)13-6-3-9-18(10-13)11-14-15-7-8-16-14/h7-8,12-13,17H,1-6,9-11H2,(H,15,16)/t13-/m0/s1. The van der Waals surface area contributed by atoms with Crippen molar-refractivity contribution in [1.82, 2.24) is 19.6 Å². The van der Waals surface area contributed by atoms with Crippen LogP contribution >= 0.6 is 0 Å². The van der Waals surface area contributed by atoms with Gasteiger partial charge in [-0.25, -0.2) is 18.1 Å². The average molecular weight is 312 g/mol. The highest BCUT2D eigenvalue weighted by Gasteiger charge is 2.33. The van der Waals surface area contributed by atoms with Crippen LogP contribution in [0.5, 0.6) is 0 Å². The lowest BCUT2D eigenvalue weighted by Gasteiger charge is -2.32. The molecule has 0 unspecified atom stereocenters. The van der Waals surface area contributed by atoms with E-state index in [0.29, 0.717) is 13.1 Å². The Morgan fingerprint density at radius 2 is 2.10 bits per heavy atom. The third-order valence-corrected chi connectivity index (χ3v) is 6.44. The lowest BCUT2D eigenvalue weighted by Crippen LogP contribution is -2.48. The molecule has 6 nitrogen and oxygen atoms in total. The number of likely N-dealkylation sites (tertiary alicyclic amines) is 1. The van der Waals surface area contributed by atoms with Crippen LogP contribution in [-0.4, -0.2) is 47.7 Å². The van der Waals surface area contributed by atoms with Crippen molar-refractivity contribution in [3.63, 3.8) is 0 Å². The Labute approximate surface area is 126 Å². The number of nitrogens with one attached hydrogen (secondary N) is 2. The monoisotopic (exact) mass is 312 g/mol. The molecule has 0 radical (unpaired) electrons. The fraction of sp³-hybridized carbons (Fsp3) is 0.786. The summed E-state index contributed by atoms with van der Waals surface area (Å²) in [6.07, 6.45) is 9.48. The molecule has 2 N–H and O–H groups in total. The summed E-state index contributed by atoms with van der Waals surface area (Å²) in [6.45, 7) is 2.24. The highest BCUT2D eigenvalue weighted by molar-refractivity contribution is 7.90. The zero-order valence-electron chi connectivity index (χ0n) is 12.3. The van der Waals surface area contributed by atoms with E-state index in [1.807, 2.05) is 0 Å². The van der Waals surface area contributed by atoms with Gasteiger partial charge in [-0.2, -0.15) is 0 Å². The maximum atomic E-state index is 12.5. The Morgan fingerprint density at radius 1 is 1.29 bits per heavy atom. The number of aromatic amines is 1. The van der Waals surface area contributed by atoms with Gasteiger partial charge in [-0.1, -0.05) is 12.8 Å². The van der Waals surface area contributed by atoms with Gasteiger partial charge in [0.25, 0.3) is 0 Å². The molecule has 2 heterocycles. The van der Waals surface area contributed by atoms with Gasteiger partial charge in [-0.05, 0) is 32.2 Å². The van der Waals surface area contributed by atoms with Crippen molar-refractivity contribution in [2.45, 2.75) is 56.4 Å². The number of piperidine rings is 1. The molecule has 7 heteroatoms. The number of hydrogen-bond donors (Lipinski definition) is 2. The van der Waals surface area contributed by atoms with E-state index in [9.17, 15) is 8.42 Å². The molecule has 1 saturated carbocycles. The summed E-state index contributed by atoms with van der Waals surface area (Å²) in [5, 5.41) is -0.290. The maximum absolute atomic E-state index is 12.5. The number of hydrogen-bond acceptors (Lipinski definition) is 4. The van der Waals surface area contributed by atoms with Crippen LogP contribution in [0.4, 0.5) is 0 Å². The van der Waals surface area contributed by atoms with Crippen molar-refractivity contribution in [2.75, 3.05) is 13.1 Å². The summed E-state index contributed by atoms with van der Waals surface area (Å²) < 4.78 is 28.0. The van der Waals surface area contributed by atoms with Gasteiger partial charge in [0.05, 0.1) is 11.8 Å². The summed E-state index contributed by atoms with van der Waals surface area (Å²) >= 11 is 0. The molecule has 0 spiro atoms. The molecular formula is C14H24N4O2S. The highest BCUT2D eigenvalue weighted by atomic mass is 32.2. The van der Waals surface area contributed by atoms with Crippen molar-refractivity contribution in [2.24, 2.45) is 0 Å². The second kappa shape index (κ2) is 6.46. The number of rotatable bonds is 5. The van der Waals surface area contributed by atoms with Gasteiger partial charge < -0.3 is 4.98 Å². The van der Waals surface area contributed by atoms with Gasteiger partial charge >= 0.3 is 0 Å². The molecule has 118 valence electrons. The van der Waals surface area contributed by atoms with Crippen LogP contribution in [0.3, 0.4) is 0 Å². The quantitative estimate of drug-likeness (QED) is 0.857. The molecule has 1 atom stereocenters. The Bertz CT molecular complexity index is 537. The number of H-pyrrole nitrogens is 1. The van der Waals surface area contributed by atoms with E-state index < -0.39 is 10.0 Å². The molecule has 1 aromatic heterocycles. The predicted molar refractivity (Wildman–Crippen MR) is 81.2 cm³/mol. The van der Waals surface area contributed by atoms with Crippen LogP contribution in [0.2, 0.25) is 0 Å². The number of imidazole rings is 1. The van der Waals surface area contributed by atoms with Crippen LogP contribution in [-0.2, 0) is 16.6 Å². The van der Waals surface area contributed by atoms with E-state index in [-0.39, 0.29) is 11.3 Å². The van der Waals surface area contributed by atoms with Crippen molar-refractivity contribution in [1.29, 1.82) is 0 Å². The first-order valence-electron chi connectivity index (χ1n) is 7.85. The molecule has 3 rings (SSSR count). The molecule has 1 aliphatic carbocycles. The van der Waals surface area contributed by atoms with Gasteiger partial charge in [0.1, 0.15) is 5.82 Å². The normalized spacial score (nSPS) is 25.4. The minimum Gasteiger partial charge on any atom is -0.348 e. The molecule has 1 aliphatic heterocycles. The predicted octanol–water partition coefficient (Wildman–Crippen LogP) is 1.24. The third kappa shape index (κ3) is 3.84. The highest BCUT2D eigenvalue weighted by Crippen LogP contribution is 2.22. The molecule has 21 heavy (non-hydrogen) atoms. The molecule has 0 bridgehead atoms. The molecule has 1 aromatic rings. The van der Waals surface area contributed by atoms with E-state index in [4.69, 9.17) is 0 Å². The topological polar surface area (TPSA) is 78.1 Å². The second-order valence-corrected chi connectivity index (χ2v) is 8.17. The summed E-state index contributed by atoms with van der Waals surface area (Å²) in [6, 6.07) is 0.162. The first-order chi connectivity index (χ1) is 10.1. The largest absolute Gasteiger partial charge is 0.348 e. The second-order valence-electron chi connectivity index (χ2n) is 6.18. The molecule has 2 fully saturated rings. The number of nitrogens with zero attached hydrogens (tertiary/aromatic N) is 2. The Morgan fingerprint density at radius 3 is 2.81 bits per heavy atom. The van der Waals surface area contributed by atoms with E-state index in [1.165, 1.54) is 0 Å². The van der Waals surface area contributed by atoms with Crippen molar-refractivity contribution in [3.05, 3.63) is 18.2 Å². The van der Waals surface area contributed by atoms with Crippen LogP contribution < -0.4 is 4.72 Å². The van der Waals surface area contributed by atoms with Gasteiger partial charge in [0, 0.05) is 25.0 Å². The van der Waals surface area contributed by atoms with Gasteiger partial charge in [-0.15, -0.1) is 0 Å². The Kier molecular flexibility index (Phi) is 4.61. The summed E-state index contributed by atoms with van der Waals surface area (Å²) in [4.78, 5) is 9.48. The fourth-order valence-electron chi connectivity index (χ4n) is 3.38. The first-order valence-corrected chi connectivity index (χ1v) is 9.40. The minimum absolute atomic E-state index is 0.162. The maximum Gasteiger partial charge on any atom is 0.215 e. The van der Waals surface area contributed by atoms with Crippen molar-refractivity contribution < 1.29 is 8.42 Å². The van der Waals surface area contributed by atoms with Crippen LogP contribution in [0.15, 0.2) is 12.4 Å². The molecule has 2 aliphatic rings.